The molecule has 1 aromatic carbocycles. The lowest BCUT2D eigenvalue weighted by Gasteiger charge is -2.38. The summed E-state index contributed by atoms with van der Waals surface area (Å²) >= 11 is 5.99. The minimum atomic E-state index is -0.190. The minimum Gasteiger partial charge on any atom is -0.293 e. The van der Waals surface area contributed by atoms with Gasteiger partial charge in [0.15, 0.2) is 0 Å². The second kappa shape index (κ2) is 7.33. The molecule has 3 rings (SSSR count). The highest BCUT2D eigenvalue weighted by atomic mass is 32.1. The topological polar surface area (TPSA) is 42.6 Å². The first-order chi connectivity index (χ1) is 12.6. The van der Waals surface area contributed by atoms with E-state index >= 15 is 0 Å². The van der Waals surface area contributed by atoms with E-state index in [2.05, 4.69) is 50.5 Å². The minimum absolute atomic E-state index is 0.176. The molecule has 2 saturated heterocycles. The number of amidine groups is 1. The van der Waals surface area contributed by atoms with Gasteiger partial charge in [-0.25, -0.2) is 0 Å². The van der Waals surface area contributed by atoms with Crippen LogP contribution in [-0.4, -0.2) is 40.4 Å². The van der Waals surface area contributed by atoms with E-state index in [0.29, 0.717) is 5.56 Å². The van der Waals surface area contributed by atoms with Crippen molar-refractivity contribution in [2.75, 3.05) is 18.0 Å². The van der Waals surface area contributed by atoms with Crippen molar-refractivity contribution in [3.63, 3.8) is 0 Å². The molecule has 2 aliphatic rings. The summed E-state index contributed by atoms with van der Waals surface area (Å²) in [6.07, 6.45) is 3.77. The van der Waals surface area contributed by atoms with Gasteiger partial charge in [-0.15, -0.1) is 0 Å². The van der Waals surface area contributed by atoms with Gasteiger partial charge in [-0.3, -0.25) is 14.8 Å². The third kappa shape index (κ3) is 3.93. The number of nitriles is 1. The Labute approximate surface area is 168 Å². The van der Waals surface area contributed by atoms with Gasteiger partial charge >= 0.3 is 0 Å². The molecule has 2 fully saturated rings. The molecule has 0 amide bonds. The van der Waals surface area contributed by atoms with E-state index in [1.165, 1.54) is 19.3 Å². The second-order valence-corrected chi connectivity index (χ2v) is 9.55. The SMILES string of the molecule is CC(C)(C)N=C1[C@@H](N2CCCCC2)C(C)(C)C(=S)N1c1ccc(C#N)cc1. The van der Waals surface area contributed by atoms with E-state index in [9.17, 15) is 0 Å². The fourth-order valence-electron chi connectivity index (χ4n) is 4.14. The zero-order chi connectivity index (χ0) is 19.8. The van der Waals surface area contributed by atoms with Gasteiger partial charge in [-0.05, 0) is 71.0 Å². The Kier molecular flexibility index (Phi) is 5.42. The van der Waals surface area contributed by atoms with Crippen LogP contribution in [0.2, 0.25) is 0 Å². The van der Waals surface area contributed by atoms with Crippen molar-refractivity contribution >= 4 is 28.7 Å². The molecule has 2 heterocycles. The van der Waals surface area contributed by atoms with E-state index in [1.54, 1.807) is 0 Å². The van der Waals surface area contributed by atoms with Crippen LogP contribution in [0.1, 0.15) is 59.4 Å². The molecule has 1 aromatic rings. The van der Waals surface area contributed by atoms with E-state index in [4.69, 9.17) is 22.5 Å². The number of likely N-dealkylation sites (tertiary alicyclic amines) is 1. The van der Waals surface area contributed by atoms with Crippen molar-refractivity contribution in [2.24, 2.45) is 10.4 Å². The van der Waals surface area contributed by atoms with E-state index in [0.717, 1.165) is 29.6 Å². The van der Waals surface area contributed by atoms with Gasteiger partial charge in [0.25, 0.3) is 0 Å². The predicted molar refractivity (Wildman–Crippen MR) is 116 cm³/mol. The first-order valence-electron chi connectivity index (χ1n) is 9.84. The van der Waals surface area contributed by atoms with Crippen molar-refractivity contribution in [1.82, 2.24) is 4.90 Å². The van der Waals surface area contributed by atoms with Gasteiger partial charge in [0, 0.05) is 11.1 Å². The van der Waals surface area contributed by atoms with Gasteiger partial charge in [0.2, 0.25) is 0 Å². The van der Waals surface area contributed by atoms with E-state index in [-0.39, 0.29) is 17.0 Å². The first-order valence-corrected chi connectivity index (χ1v) is 10.2. The molecule has 0 aliphatic carbocycles. The Morgan fingerprint density at radius 1 is 1.11 bits per heavy atom. The highest BCUT2D eigenvalue weighted by Crippen LogP contribution is 2.41. The average molecular weight is 383 g/mol. The number of nitrogens with zero attached hydrogens (tertiary/aromatic N) is 4. The van der Waals surface area contributed by atoms with E-state index < -0.39 is 0 Å². The number of hydrogen-bond acceptors (Lipinski definition) is 4. The number of rotatable bonds is 2. The number of benzene rings is 1. The molecule has 5 heteroatoms. The highest BCUT2D eigenvalue weighted by Gasteiger charge is 2.52. The van der Waals surface area contributed by atoms with Crippen molar-refractivity contribution < 1.29 is 0 Å². The Morgan fingerprint density at radius 2 is 1.70 bits per heavy atom. The van der Waals surface area contributed by atoms with Crippen molar-refractivity contribution in [1.29, 1.82) is 5.26 Å². The van der Waals surface area contributed by atoms with Crippen LogP contribution in [0.25, 0.3) is 0 Å². The third-order valence-electron chi connectivity index (χ3n) is 5.37. The summed E-state index contributed by atoms with van der Waals surface area (Å²) in [6.45, 7) is 13.1. The standard InChI is InChI=1S/C22H30N4S/c1-21(2,3)24-19-18(25-13-7-6-8-14-25)22(4,5)20(27)26(19)17-11-9-16(15-23)10-12-17/h9-12,18H,6-8,13-14H2,1-5H3/t18-/m1/s1. The average Bonchev–Trinajstić information content (AvgIpc) is 2.80. The molecule has 0 bridgehead atoms. The molecule has 27 heavy (non-hydrogen) atoms. The number of hydrogen-bond donors (Lipinski definition) is 0. The summed E-state index contributed by atoms with van der Waals surface area (Å²) in [6, 6.07) is 10.1. The van der Waals surface area contributed by atoms with Crippen LogP contribution in [-0.2, 0) is 0 Å². The molecule has 0 aromatic heterocycles. The molecule has 0 radical (unpaired) electrons. The summed E-state index contributed by atoms with van der Waals surface area (Å²) in [5.41, 5.74) is 1.29. The molecule has 0 spiro atoms. The van der Waals surface area contributed by atoms with Crippen LogP contribution in [0.15, 0.2) is 29.3 Å². The molecule has 4 nitrogen and oxygen atoms in total. The Morgan fingerprint density at radius 3 is 2.22 bits per heavy atom. The Bertz CT molecular complexity index is 774. The quantitative estimate of drug-likeness (QED) is 0.690. The van der Waals surface area contributed by atoms with Gasteiger partial charge in [0.1, 0.15) is 5.84 Å². The summed E-state index contributed by atoms with van der Waals surface area (Å²) in [5.74, 6) is 1.05. The smallest absolute Gasteiger partial charge is 0.127 e. The third-order valence-corrected chi connectivity index (χ3v) is 6.08. The van der Waals surface area contributed by atoms with Crippen LogP contribution >= 0.6 is 12.2 Å². The zero-order valence-electron chi connectivity index (χ0n) is 17.1. The number of piperidine rings is 1. The van der Waals surface area contributed by atoms with Crippen molar-refractivity contribution in [3.05, 3.63) is 29.8 Å². The summed E-state index contributed by atoms with van der Waals surface area (Å²) in [7, 11) is 0. The lowest BCUT2D eigenvalue weighted by atomic mass is 9.85. The molecular formula is C22H30N4S. The maximum atomic E-state index is 9.13. The van der Waals surface area contributed by atoms with E-state index in [1.807, 2.05) is 24.3 Å². The molecule has 0 unspecified atom stereocenters. The normalized spacial score (nSPS) is 25.0. The van der Waals surface area contributed by atoms with Crippen LogP contribution in [0.5, 0.6) is 0 Å². The van der Waals surface area contributed by atoms with Gasteiger partial charge in [0.05, 0.1) is 28.2 Å². The molecule has 0 N–H and O–H groups in total. The molecular weight excluding hydrogens is 352 g/mol. The maximum Gasteiger partial charge on any atom is 0.127 e. The summed E-state index contributed by atoms with van der Waals surface area (Å²) in [4.78, 5) is 10.8. The summed E-state index contributed by atoms with van der Waals surface area (Å²) in [5, 5.41) is 9.13. The molecule has 144 valence electrons. The van der Waals surface area contributed by atoms with Gasteiger partial charge in [-0.2, -0.15) is 5.26 Å². The molecule has 1 atom stereocenters. The number of aliphatic imine (C=N–C) groups is 1. The predicted octanol–water partition coefficient (Wildman–Crippen LogP) is 4.78. The second-order valence-electron chi connectivity index (χ2n) is 9.16. The van der Waals surface area contributed by atoms with Crippen molar-refractivity contribution in [3.8, 4) is 6.07 Å². The number of thiocarbonyl (C=S) groups is 1. The maximum absolute atomic E-state index is 9.13. The first kappa shape index (κ1) is 20.0. The van der Waals surface area contributed by atoms with Crippen LogP contribution < -0.4 is 4.90 Å². The highest BCUT2D eigenvalue weighted by molar-refractivity contribution is 7.80. The van der Waals surface area contributed by atoms with Crippen LogP contribution in [0.4, 0.5) is 5.69 Å². The fraction of sp³-hybridized carbons (Fsp3) is 0.591. The Hall–Kier alpha value is -1.77. The monoisotopic (exact) mass is 382 g/mol. The lowest BCUT2D eigenvalue weighted by Crippen LogP contribution is -2.50. The molecule has 0 saturated carbocycles. The lowest BCUT2D eigenvalue weighted by molar-refractivity contribution is 0.154. The Balaban J connectivity index is 2.11. The number of anilines is 1. The largest absolute Gasteiger partial charge is 0.293 e. The fourth-order valence-corrected chi connectivity index (χ4v) is 4.45. The van der Waals surface area contributed by atoms with Crippen LogP contribution in [0.3, 0.4) is 0 Å². The van der Waals surface area contributed by atoms with Gasteiger partial charge < -0.3 is 0 Å². The summed E-state index contributed by atoms with van der Waals surface area (Å²) < 4.78 is 0. The van der Waals surface area contributed by atoms with Gasteiger partial charge in [-0.1, -0.05) is 32.5 Å². The van der Waals surface area contributed by atoms with Crippen molar-refractivity contribution in [2.45, 2.75) is 65.5 Å². The molecule has 2 aliphatic heterocycles. The van der Waals surface area contributed by atoms with Crippen LogP contribution in [0, 0.1) is 16.7 Å². The zero-order valence-corrected chi connectivity index (χ0v) is 17.9.